The third-order valence-electron chi connectivity index (χ3n) is 7.91. The van der Waals surface area contributed by atoms with Gasteiger partial charge in [-0.1, -0.05) is 0 Å². The second-order valence-electron chi connectivity index (χ2n) is 11.0. The zero-order valence-corrected chi connectivity index (χ0v) is 23.7. The Balaban J connectivity index is 1.73. The maximum atomic E-state index is 10.9. The van der Waals surface area contributed by atoms with Crippen LogP contribution in [0.1, 0.15) is 0 Å². The van der Waals surface area contributed by atoms with Crippen molar-refractivity contribution in [2.45, 2.75) is 110 Å². The number of hydrogen-bond donors (Lipinski definition) is 15. The van der Waals surface area contributed by atoms with Crippen molar-refractivity contribution in [2.24, 2.45) is 0 Å². The average molecular weight is 669 g/mol. The van der Waals surface area contributed by atoms with Gasteiger partial charge in [0.05, 0.1) is 33.0 Å². The number of rotatable bonds is 15. The highest BCUT2D eigenvalue weighted by molar-refractivity contribution is 4.99. The van der Waals surface area contributed by atoms with Gasteiger partial charge in [0.1, 0.15) is 98.2 Å². The molecule has 0 aromatic rings. The highest BCUT2D eigenvalue weighted by Crippen LogP contribution is 2.36. The van der Waals surface area contributed by atoms with Crippen molar-refractivity contribution < 1.29 is 105 Å². The molecule has 2 unspecified atom stereocenters. The summed E-state index contributed by atoms with van der Waals surface area (Å²) in [5.41, 5.74) is 0. The van der Waals surface area contributed by atoms with Gasteiger partial charge in [-0.2, -0.15) is 0 Å². The summed E-state index contributed by atoms with van der Waals surface area (Å²) in [6.45, 7) is -5.57. The van der Waals surface area contributed by atoms with E-state index in [1.54, 1.807) is 0 Å². The second kappa shape index (κ2) is 16.5. The maximum absolute atomic E-state index is 10.9. The molecular weight excluding hydrogens is 624 g/mol. The van der Waals surface area contributed by atoms with E-state index >= 15 is 0 Å². The van der Waals surface area contributed by atoms with Crippen LogP contribution in [0, 0.1) is 0 Å². The molecule has 3 aliphatic rings. The minimum absolute atomic E-state index is 0.735. The number of hydrogen-bond acceptors (Lipinski definition) is 21. The first-order valence-electron chi connectivity index (χ1n) is 14.0. The van der Waals surface area contributed by atoms with Crippen LogP contribution in [-0.4, -0.2) is 226 Å². The number of aliphatic hydroxyl groups excluding tert-OH is 15. The smallest absolute Gasteiger partial charge is 0.222 e. The lowest BCUT2D eigenvalue weighted by atomic mass is 9.99. The highest BCUT2D eigenvalue weighted by atomic mass is 16.8. The van der Waals surface area contributed by atoms with E-state index in [1.807, 2.05) is 0 Å². The molecule has 3 aliphatic heterocycles. The molecule has 0 radical (unpaired) electrons. The van der Waals surface area contributed by atoms with E-state index in [0.717, 1.165) is 0 Å². The van der Waals surface area contributed by atoms with Gasteiger partial charge in [0.25, 0.3) is 0 Å². The van der Waals surface area contributed by atoms with Crippen molar-refractivity contribution in [3.63, 3.8) is 0 Å². The predicted molar refractivity (Wildman–Crippen MR) is 136 cm³/mol. The Hall–Kier alpha value is -0.840. The quantitative estimate of drug-likeness (QED) is 0.0770. The molecule has 45 heavy (non-hydrogen) atoms. The molecule has 18 atom stereocenters. The van der Waals surface area contributed by atoms with E-state index in [1.165, 1.54) is 0 Å². The van der Waals surface area contributed by atoms with Crippen molar-refractivity contribution in [3.05, 3.63) is 0 Å². The normalized spacial score (nSPS) is 45.3. The van der Waals surface area contributed by atoms with Gasteiger partial charge in [0, 0.05) is 0 Å². The summed E-state index contributed by atoms with van der Waals surface area (Å²) < 4.78 is 31.9. The molecule has 266 valence electrons. The molecule has 0 spiro atoms. The number of aliphatic hydroxyl groups is 15. The van der Waals surface area contributed by atoms with Crippen molar-refractivity contribution in [3.8, 4) is 0 Å². The predicted octanol–water partition coefficient (Wildman–Crippen LogP) is -10.1. The van der Waals surface area contributed by atoms with Crippen LogP contribution in [0.2, 0.25) is 0 Å². The molecule has 15 N–H and O–H groups in total. The van der Waals surface area contributed by atoms with Gasteiger partial charge in [-0.05, 0) is 0 Å². The molecule has 3 fully saturated rings. The lowest BCUT2D eigenvalue weighted by molar-refractivity contribution is -0.336. The van der Waals surface area contributed by atoms with Gasteiger partial charge in [-0.3, -0.25) is 0 Å². The zero-order valence-electron chi connectivity index (χ0n) is 23.7. The molecule has 3 rings (SSSR count). The van der Waals surface area contributed by atoms with Crippen LogP contribution in [0.25, 0.3) is 0 Å². The summed E-state index contributed by atoms with van der Waals surface area (Å²) in [6, 6.07) is 0. The van der Waals surface area contributed by atoms with Crippen LogP contribution >= 0.6 is 0 Å². The molecule has 3 heterocycles. The first-order chi connectivity index (χ1) is 21.2. The van der Waals surface area contributed by atoms with Crippen LogP contribution in [0.4, 0.5) is 0 Å². The molecule has 21 heteroatoms. The standard InChI is InChI=1S/C24H44O21/c25-1-7(29)12(31)20(8(30)4-40-22-18(37)16(35)13(32)9(2-26)42-22)45-24(6-28)21(39)15(34)11(44-24)5-41-23-19(38)17(36)14(33)10(3-27)43-23/h7-23,25-39H,1-6H2/t7?,8-,9-,10-,11-,12-,13-,14-,15-,16+,17+,18-,19-,20-,21+,22+,23+,24?/m1/s1. The van der Waals surface area contributed by atoms with E-state index < -0.39 is 150 Å². The van der Waals surface area contributed by atoms with Crippen molar-refractivity contribution in [1.29, 1.82) is 0 Å². The average Bonchev–Trinajstić information content (AvgIpc) is 3.28. The minimum atomic E-state index is -2.66. The van der Waals surface area contributed by atoms with E-state index in [-0.39, 0.29) is 0 Å². The molecule has 0 aromatic heterocycles. The zero-order chi connectivity index (χ0) is 33.8. The van der Waals surface area contributed by atoms with Crippen LogP contribution in [0.15, 0.2) is 0 Å². The first kappa shape index (κ1) is 38.6. The third-order valence-corrected chi connectivity index (χ3v) is 7.91. The fourth-order valence-electron chi connectivity index (χ4n) is 5.08. The lowest BCUT2D eigenvalue weighted by Crippen LogP contribution is -2.60. The summed E-state index contributed by atoms with van der Waals surface area (Å²) in [5.74, 6) is -2.66. The lowest BCUT2D eigenvalue weighted by Gasteiger charge is -2.41. The van der Waals surface area contributed by atoms with E-state index in [0.29, 0.717) is 0 Å². The molecule has 0 amide bonds. The van der Waals surface area contributed by atoms with Gasteiger partial charge in [-0.15, -0.1) is 0 Å². The fraction of sp³-hybridized carbons (Fsp3) is 1.00. The van der Waals surface area contributed by atoms with Gasteiger partial charge in [0.15, 0.2) is 12.6 Å². The highest BCUT2D eigenvalue weighted by Gasteiger charge is 2.58. The molecule has 0 aromatic carbocycles. The first-order valence-corrected chi connectivity index (χ1v) is 14.0. The van der Waals surface area contributed by atoms with E-state index in [4.69, 9.17) is 28.4 Å². The van der Waals surface area contributed by atoms with Crippen LogP contribution in [0.5, 0.6) is 0 Å². The summed E-state index contributed by atoms with van der Waals surface area (Å²) >= 11 is 0. The van der Waals surface area contributed by atoms with Crippen molar-refractivity contribution in [1.82, 2.24) is 0 Å². The second-order valence-corrected chi connectivity index (χ2v) is 11.0. The van der Waals surface area contributed by atoms with E-state index in [9.17, 15) is 76.6 Å². The van der Waals surface area contributed by atoms with Gasteiger partial charge < -0.3 is 105 Å². The Morgan fingerprint density at radius 1 is 0.600 bits per heavy atom. The van der Waals surface area contributed by atoms with Gasteiger partial charge >= 0.3 is 0 Å². The summed E-state index contributed by atoms with van der Waals surface area (Å²) in [5, 5.41) is 151. The van der Waals surface area contributed by atoms with Gasteiger partial charge in [0.2, 0.25) is 5.79 Å². The van der Waals surface area contributed by atoms with Crippen molar-refractivity contribution >= 4 is 0 Å². The molecule has 0 saturated carbocycles. The largest absolute Gasteiger partial charge is 0.394 e. The Kier molecular flexibility index (Phi) is 14.2. The Labute approximate surface area is 255 Å². The fourth-order valence-corrected chi connectivity index (χ4v) is 5.08. The molecular formula is C24H44O21. The van der Waals surface area contributed by atoms with Crippen LogP contribution in [0.3, 0.4) is 0 Å². The molecule has 21 nitrogen and oxygen atoms in total. The summed E-state index contributed by atoms with van der Waals surface area (Å²) in [4.78, 5) is 0. The number of ether oxygens (including phenoxy) is 6. The van der Waals surface area contributed by atoms with Crippen LogP contribution in [-0.2, 0) is 28.4 Å². The molecule has 3 saturated heterocycles. The SMILES string of the molecule is OCC(O)[C@@H](O)[C@H](OC1(CO)O[C@H](CO[C@H]2O[C@H](CO)[C@@H](O)[C@H](O)[C@H]2O)[C@@H](O)[C@@H]1O)[C@H](O)CO[C@H]1O[C@H](CO)[C@@H](O)[C@H](O)[C@H]1O. The Morgan fingerprint density at radius 2 is 1.11 bits per heavy atom. The molecule has 0 aliphatic carbocycles. The monoisotopic (exact) mass is 668 g/mol. The Morgan fingerprint density at radius 3 is 1.58 bits per heavy atom. The Bertz CT molecular complexity index is 884. The van der Waals surface area contributed by atoms with Gasteiger partial charge in [-0.25, -0.2) is 0 Å². The van der Waals surface area contributed by atoms with E-state index in [2.05, 4.69) is 0 Å². The minimum Gasteiger partial charge on any atom is -0.394 e. The summed E-state index contributed by atoms with van der Waals surface area (Å²) in [7, 11) is 0. The maximum Gasteiger partial charge on any atom is 0.222 e. The topological polar surface area (TPSA) is 359 Å². The molecule has 0 bridgehead atoms. The third kappa shape index (κ3) is 8.25. The van der Waals surface area contributed by atoms with Crippen molar-refractivity contribution in [2.75, 3.05) is 39.6 Å². The van der Waals surface area contributed by atoms with Crippen LogP contribution < -0.4 is 0 Å². The summed E-state index contributed by atoms with van der Waals surface area (Å²) in [6.07, 6.45) is -30.9.